The first-order valence-electron chi connectivity index (χ1n) is 12.7. The molecule has 2 amide bonds. The molecule has 0 bridgehead atoms. The summed E-state index contributed by atoms with van der Waals surface area (Å²) in [7, 11) is 4.69. The standard InChI is InChI=1S/C24H43N5O7S/c1-17(2)10-18-11-28(21(31)14-34-4)12-20(35-5)23(33)19(30)13-36-9-7-6-8-29(18)22(32)15-37-24-26-25-16-27(24)3/h16-20,23,30,33H,6-15H2,1-5H3/t18-,19+,20+,23+/m0/s1. The van der Waals surface area contributed by atoms with Crippen LogP contribution in [0, 0.1) is 5.92 Å². The van der Waals surface area contributed by atoms with Gasteiger partial charge in [-0.1, -0.05) is 25.6 Å². The van der Waals surface area contributed by atoms with Crippen molar-refractivity contribution in [2.24, 2.45) is 13.0 Å². The number of hydrogen-bond acceptors (Lipinski definition) is 10. The van der Waals surface area contributed by atoms with E-state index in [1.165, 1.54) is 26.0 Å². The van der Waals surface area contributed by atoms with E-state index >= 15 is 0 Å². The molecule has 12 nitrogen and oxygen atoms in total. The first kappa shape index (κ1) is 31.4. The maximum Gasteiger partial charge on any atom is 0.248 e. The fourth-order valence-corrected chi connectivity index (χ4v) is 5.07. The van der Waals surface area contributed by atoms with E-state index in [0.29, 0.717) is 37.6 Å². The second-order valence-electron chi connectivity index (χ2n) is 9.73. The first-order valence-corrected chi connectivity index (χ1v) is 13.7. The van der Waals surface area contributed by atoms with Gasteiger partial charge in [-0.25, -0.2) is 0 Å². The van der Waals surface area contributed by atoms with Crippen LogP contribution in [-0.2, 0) is 30.8 Å². The third-order valence-corrected chi connectivity index (χ3v) is 7.27. The van der Waals surface area contributed by atoms with Crippen molar-refractivity contribution in [3.05, 3.63) is 6.33 Å². The molecule has 2 N–H and O–H groups in total. The number of hydrogen-bond donors (Lipinski definition) is 2. The molecule has 0 aromatic carbocycles. The van der Waals surface area contributed by atoms with E-state index in [9.17, 15) is 19.8 Å². The molecule has 13 heteroatoms. The van der Waals surface area contributed by atoms with Crippen LogP contribution in [0.1, 0.15) is 33.1 Å². The van der Waals surface area contributed by atoms with Crippen LogP contribution in [0.4, 0.5) is 0 Å². The Balaban J connectivity index is 2.34. The zero-order chi connectivity index (χ0) is 27.4. The molecule has 4 atom stereocenters. The number of rotatable bonds is 8. The number of thioether (sulfide) groups is 1. The lowest BCUT2D eigenvalue weighted by Crippen LogP contribution is -2.54. The molecule has 0 unspecified atom stereocenters. The Hall–Kier alpha value is -1.77. The summed E-state index contributed by atoms with van der Waals surface area (Å²) in [5, 5.41) is 29.7. The highest BCUT2D eigenvalue weighted by atomic mass is 32.2. The molecular weight excluding hydrogens is 502 g/mol. The summed E-state index contributed by atoms with van der Waals surface area (Å²) in [6, 6.07) is -0.267. The summed E-state index contributed by atoms with van der Waals surface area (Å²) in [5.74, 6) is 0.114. The minimum absolute atomic E-state index is 0.0290. The van der Waals surface area contributed by atoms with E-state index in [0.717, 1.165) is 0 Å². The average molecular weight is 546 g/mol. The molecule has 2 heterocycles. The van der Waals surface area contributed by atoms with Crippen LogP contribution in [-0.4, -0.2) is 130 Å². The highest BCUT2D eigenvalue weighted by Gasteiger charge is 2.33. The van der Waals surface area contributed by atoms with Gasteiger partial charge in [0.25, 0.3) is 0 Å². The number of carbonyl (C=O) groups is 2. The smallest absolute Gasteiger partial charge is 0.248 e. The van der Waals surface area contributed by atoms with Gasteiger partial charge in [-0.2, -0.15) is 0 Å². The van der Waals surface area contributed by atoms with Crippen molar-refractivity contribution in [3.63, 3.8) is 0 Å². The maximum atomic E-state index is 13.5. The number of aliphatic hydroxyl groups is 2. The summed E-state index contributed by atoms with van der Waals surface area (Å²) < 4.78 is 17.9. The maximum absolute atomic E-state index is 13.5. The Labute approximate surface area is 223 Å². The lowest BCUT2D eigenvalue weighted by atomic mass is 10.00. The van der Waals surface area contributed by atoms with Crippen LogP contribution in [0.5, 0.6) is 0 Å². The monoisotopic (exact) mass is 545 g/mol. The Bertz CT molecular complexity index is 827. The summed E-state index contributed by atoms with van der Waals surface area (Å²) in [6.45, 7) is 5.13. The molecule has 0 radical (unpaired) electrons. The number of aliphatic hydroxyl groups excluding tert-OH is 2. The average Bonchev–Trinajstić information content (AvgIpc) is 3.27. The Kier molecular flexibility index (Phi) is 13.8. The summed E-state index contributed by atoms with van der Waals surface area (Å²) in [5.41, 5.74) is 0. The van der Waals surface area contributed by atoms with Crippen molar-refractivity contribution in [1.82, 2.24) is 24.6 Å². The number of aryl methyl sites for hydroxylation is 1. The molecule has 0 saturated carbocycles. The molecule has 2 rings (SSSR count). The lowest BCUT2D eigenvalue weighted by Gasteiger charge is -2.38. The zero-order valence-corrected chi connectivity index (χ0v) is 23.4. The normalized spacial score (nSPS) is 24.8. The van der Waals surface area contributed by atoms with Crippen LogP contribution in [0.15, 0.2) is 11.5 Å². The molecule has 1 aromatic heterocycles. The van der Waals surface area contributed by atoms with Crippen molar-refractivity contribution in [3.8, 4) is 0 Å². The summed E-state index contributed by atoms with van der Waals surface area (Å²) in [4.78, 5) is 30.0. The quantitative estimate of drug-likeness (QED) is 0.435. The van der Waals surface area contributed by atoms with Crippen molar-refractivity contribution < 1.29 is 34.0 Å². The van der Waals surface area contributed by atoms with Gasteiger partial charge in [0, 0.05) is 53.6 Å². The molecule has 1 fully saturated rings. The predicted octanol–water partition coefficient (Wildman–Crippen LogP) is 0.173. The van der Waals surface area contributed by atoms with Crippen molar-refractivity contribution in [2.45, 2.75) is 62.6 Å². The highest BCUT2D eigenvalue weighted by Crippen LogP contribution is 2.20. The SMILES string of the molecule is COCC(=O)N1C[C@H](CC(C)C)N(C(=O)CSc2nncn2C)CCCCOC[C@@H](O)[C@@H](O)[C@H](OC)C1. The van der Waals surface area contributed by atoms with Gasteiger partial charge in [-0.15, -0.1) is 10.2 Å². The number of aromatic nitrogens is 3. The number of ether oxygens (including phenoxy) is 3. The van der Waals surface area contributed by atoms with Gasteiger partial charge in [0.1, 0.15) is 31.2 Å². The minimum atomic E-state index is -1.25. The molecule has 1 saturated heterocycles. The topological polar surface area (TPSA) is 139 Å². The molecular formula is C24H43N5O7S. The van der Waals surface area contributed by atoms with Gasteiger partial charge in [0.05, 0.1) is 12.4 Å². The molecule has 37 heavy (non-hydrogen) atoms. The van der Waals surface area contributed by atoms with E-state index in [1.54, 1.807) is 15.8 Å². The zero-order valence-electron chi connectivity index (χ0n) is 22.6. The van der Waals surface area contributed by atoms with Crippen LogP contribution < -0.4 is 0 Å². The number of nitrogens with zero attached hydrogens (tertiary/aromatic N) is 5. The Morgan fingerprint density at radius 3 is 2.59 bits per heavy atom. The second-order valence-corrected chi connectivity index (χ2v) is 10.7. The van der Waals surface area contributed by atoms with Gasteiger partial charge >= 0.3 is 0 Å². The first-order chi connectivity index (χ1) is 17.7. The van der Waals surface area contributed by atoms with E-state index in [2.05, 4.69) is 24.0 Å². The molecule has 1 aliphatic heterocycles. The van der Waals surface area contributed by atoms with Gasteiger partial charge in [-0.05, 0) is 25.2 Å². The van der Waals surface area contributed by atoms with Crippen molar-refractivity contribution >= 4 is 23.6 Å². The third kappa shape index (κ3) is 10.1. The van der Waals surface area contributed by atoms with Crippen LogP contribution in [0.3, 0.4) is 0 Å². The second kappa shape index (κ2) is 16.2. The summed E-state index contributed by atoms with van der Waals surface area (Å²) >= 11 is 1.32. The Morgan fingerprint density at radius 1 is 1.22 bits per heavy atom. The number of amides is 2. The van der Waals surface area contributed by atoms with Crippen LogP contribution in [0.2, 0.25) is 0 Å². The predicted molar refractivity (Wildman–Crippen MR) is 138 cm³/mol. The van der Waals surface area contributed by atoms with Gasteiger partial charge < -0.3 is 38.8 Å². The third-order valence-electron chi connectivity index (χ3n) is 6.26. The van der Waals surface area contributed by atoms with E-state index in [-0.39, 0.29) is 55.8 Å². The summed E-state index contributed by atoms with van der Waals surface area (Å²) in [6.07, 6.45) is 0.378. The molecule has 0 spiro atoms. The highest BCUT2D eigenvalue weighted by molar-refractivity contribution is 7.99. The minimum Gasteiger partial charge on any atom is -0.388 e. The van der Waals surface area contributed by atoms with Crippen LogP contribution in [0.25, 0.3) is 0 Å². The van der Waals surface area contributed by atoms with Crippen molar-refractivity contribution in [1.29, 1.82) is 0 Å². The van der Waals surface area contributed by atoms with Gasteiger partial charge in [0.2, 0.25) is 11.8 Å². The van der Waals surface area contributed by atoms with Gasteiger partial charge in [-0.3, -0.25) is 9.59 Å². The largest absolute Gasteiger partial charge is 0.388 e. The van der Waals surface area contributed by atoms with E-state index in [1.807, 2.05) is 11.9 Å². The number of methoxy groups -OCH3 is 2. The fourth-order valence-electron chi connectivity index (χ4n) is 4.29. The van der Waals surface area contributed by atoms with Gasteiger partial charge in [0.15, 0.2) is 5.16 Å². The molecule has 1 aliphatic rings. The molecule has 1 aromatic rings. The number of carbonyl (C=O) groups excluding carboxylic acids is 2. The van der Waals surface area contributed by atoms with Crippen molar-refractivity contribution in [2.75, 3.05) is 59.4 Å². The van der Waals surface area contributed by atoms with Crippen LogP contribution >= 0.6 is 11.8 Å². The van der Waals surface area contributed by atoms with E-state index < -0.39 is 18.3 Å². The lowest BCUT2D eigenvalue weighted by molar-refractivity contribution is -0.145. The fraction of sp³-hybridized carbons (Fsp3) is 0.833. The Morgan fingerprint density at radius 2 is 1.97 bits per heavy atom. The molecule has 212 valence electrons. The molecule has 0 aliphatic carbocycles. The van der Waals surface area contributed by atoms with E-state index in [4.69, 9.17) is 14.2 Å².